The molecule has 9 heteroatoms. The average Bonchev–Trinajstić information content (AvgIpc) is 3.25. The van der Waals surface area contributed by atoms with Gasteiger partial charge >= 0.3 is 0 Å². The molecule has 0 radical (unpaired) electrons. The number of fused-ring (bicyclic) bond motifs is 1. The van der Waals surface area contributed by atoms with Crippen LogP contribution in [0.1, 0.15) is 12.1 Å². The van der Waals surface area contributed by atoms with Crippen molar-refractivity contribution in [3.05, 3.63) is 79.3 Å². The highest BCUT2D eigenvalue weighted by molar-refractivity contribution is 6.03. The van der Waals surface area contributed by atoms with E-state index >= 15 is 0 Å². The second-order valence-corrected chi connectivity index (χ2v) is 10.5. The van der Waals surface area contributed by atoms with Crippen molar-refractivity contribution in [1.82, 2.24) is 24.3 Å². The van der Waals surface area contributed by atoms with Crippen LogP contribution >= 0.6 is 0 Å². The van der Waals surface area contributed by atoms with Gasteiger partial charge in [0.2, 0.25) is 5.91 Å². The van der Waals surface area contributed by atoms with Crippen molar-refractivity contribution in [2.45, 2.75) is 18.6 Å². The molecule has 0 unspecified atom stereocenters. The van der Waals surface area contributed by atoms with E-state index in [1.807, 2.05) is 66.2 Å². The molecular weight excluding hydrogens is 519 g/mol. The van der Waals surface area contributed by atoms with Gasteiger partial charge in [-0.3, -0.25) is 9.69 Å². The first-order chi connectivity index (χ1) is 19.9. The molecular formula is C32H31FN6O2. The summed E-state index contributed by atoms with van der Waals surface area (Å²) in [5.41, 5.74) is 9.65. The number of alkyl halides is 1. The number of rotatable bonds is 5. The molecule has 4 heterocycles. The van der Waals surface area contributed by atoms with Gasteiger partial charge < -0.3 is 19.9 Å². The highest BCUT2D eigenvalue weighted by Gasteiger charge is 2.39. The van der Waals surface area contributed by atoms with Gasteiger partial charge in [-0.15, -0.1) is 0 Å². The van der Waals surface area contributed by atoms with Crippen molar-refractivity contribution in [2.75, 3.05) is 31.9 Å². The third kappa shape index (κ3) is 5.14. The minimum absolute atomic E-state index is 0.110. The second-order valence-electron chi connectivity index (χ2n) is 10.5. The lowest BCUT2D eigenvalue weighted by Crippen LogP contribution is -2.60. The zero-order valence-electron chi connectivity index (χ0n) is 22.8. The summed E-state index contributed by atoms with van der Waals surface area (Å²) in [4.78, 5) is 24.3. The summed E-state index contributed by atoms with van der Waals surface area (Å²) in [6, 6.07) is 17.2. The number of piperidine rings is 1. The topological polar surface area (TPSA) is 89.5 Å². The predicted octanol–water partition coefficient (Wildman–Crippen LogP) is 4.42. The molecule has 2 atom stereocenters. The zero-order valence-corrected chi connectivity index (χ0v) is 22.8. The number of amides is 1. The van der Waals surface area contributed by atoms with Crippen LogP contribution in [0.15, 0.2) is 73.6 Å². The lowest BCUT2D eigenvalue weighted by atomic mass is 9.92. The van der Waals surface area contributed by atoms with E-state index in [4.69, 9.17) is 10.5 Å². The van der Waals surface area contributed by atoms with Gasteiger partial charge in [0, 0.05) is 44.2 Å². The molecule has 2 aliphatic heterocycles. The molecule has 2 aliphatic rings. The summed E-state index contributed by atoms with van der Waals surface area (Å²) < 4.78 is 22.8. The predicted molar refractivity (Wildman–Crippen MR) is 157 cm³/mol. The van der Waals surface area contributed by atoms with Crippen LogP contribution in [0.2, 0.25) is 0 Å². The van der Waals surface area contributed by atoms with Crippen molar-refractivity contribution >= 4 is 22.8 Å². The standard InChI is InChI=1S/C32H31FN6O2/c1-3-28(40)38-16-15-26(25(33)19-38)39-17-21(18-39)9-14-27-29(30-31(34)35-20-36-32(30)37(27)2)22-10-12-24(13-11-22)41-23-7-5-4-6-8-23/h3-8,10-13,20-21,25-26H,1,15-19H2,2H3,(H2,34,35,36)/t25-,26+/m0/s1. The number of nitrogen functional groups attached to an aromatic ring is 1. The van der Waals surface area contributed by atoms with Crippen molar-refractivity contribution < 1.29 is 13.9 Å². The lowest BCUT2D eigenvalue weighted by molar-refractivity contribution is -0.130. The van der Waals surface area contributed by atoms with Crippen LogP contribution in [0.4, 0.5) is 10.2 Å². The Hall–Kier alpha value is -4.68. The zero-order chi connectivity index (χ0) is 28.5. The average molecular weight is 551 g/mol. The number of benzene rings is 2. The Morgan fingerprint density at radius 2 is 1.83 bits per heavy atom. The van der Waals surface area contributed by atoms with Crippen LogP contribution in [0.3, 0.4) is 0 Å². The number of aromatic nitrogens is 3. The number of anilines is 1. The largest absolute Gasteiger partial charge is 0.457 e. The first-order valence-corrected chi connectivity index (χ1v) is 13.7. The third-order valence-corrected chi connectivity index (χ3v) is 7.89. The summed E-state index contributed by atoms with van der Waals surface area (Å²) >= 11 is 0. The van der Waals surface area contributed by atoms with Gasteiger partial charge in [0.05, 0.1) is 11.9 Å². The Labute approximate surface area is 238 Å². The molecule has 0 saturated carbocycles. The number of hydrogen-bond donors (Lipinski definition) is 1. The van der Waals surface area contributed by atoms with E-state index < -0.39 is 6.17 Å². The first kappa shape index (κ1) is 26.5. The molecule has 2 aromatic heterocycles. The summed E-state index contributed by atoms with van der Waals surface area (Å²) in [7, 11) is 1.92. The summed E-state index contributed by atoms with van der Waals surface area (Å²) in [6.07, 6.45) is 2.23. The lowest BCUT2D eigenvalue weighted by Gasteiger charge is -2.46. The van der Waals surface area contributed by atoms with Crippen LogP contribution < -0.4 is 10.5 Å². The molecule has 2 fully saturated rings. The van der Waals surface area contributed by atoms with E-state index in [0.29, 0.717) is 37.5 Å². The van der Waals surface area contributed by atoms with Crippen LogP contribution in [0.5, 0.6) is 11.5 Å². The van der Waals surface area contributed by atoms with E-state index in [-0.39, 0.29) is 24.4 Å². The Morgan fingerprint density at radius 3 is 2.54 bits per heavy atom. The first-order valence-electron chi connectivity index (χ1n) is 13.7. The van der Waals surface area contributed by atoms with Crippen LogP contribution in [-0.2, 0) is 11.8 Å². The SMILES string of the molecule is C=CC(=O)N1CC[C@@H](N2CC(C#Cc3c(-c4ccc(Oc5ccccc5)cc4)c4c(N)ncnc4n3C)C2)[C@@H](F)C1. The molecule has 208 valence electrons. The molecule has 0 aliphatic carbocycles. The second kappa shape index (κ2) is 11.1. The number of hydrogen-bond acceptors (Lipinski definition) is 6. The number of carbonyl (C=O) groups excluding carboxylic acids is 1. The van der Waals surface area contributed by atoms with Crippen molar-refractivity contribution in [3.8, 4) is 34.5 Å². The van der Waals surface area contributed by atoms with Crippen LogP contribution in [-0.4, -0.2) is 68.6 Å². The summed E-state index contributed by atoms with van der Waals surface area (Å²) in [5, 5.41) is 0.757. The fourth-order valence-corrected chi connectivity index (χ4v) is 5.70. The van der Waals surface area contributed by atoms with Gasteiger partial charge in [0.1, 0.15) is 41.2 Å². The maximum atomic E-state index is 14.9. The molecule has 4 aromatic rings. The number of para-hydroxylation sites is 1. The van der Waals surface area contributed by atoms with Gasteiger partial charge in [-0.2, -0.15) is 0 Å². The fraction of sp³-hybridized carbons (Fsp3) is 0.281. The minimum Gasteiger partial charge on any atom is -0.457 e. The number of carbonyl (C=O) groups is 1. The maximum Gasteiger partial charge on any atom is 0.246 e. The number of nitrogens with two attached hydrogens (primary N) is 1. The highest BCUT2D eigenvalue weighted by atomic mass is 19.1. The van der Waals surface area contributed by atoms with Crippen LogP contribution in [0, 0.1) is 17.8 Å². The maximum absolute atomic E-state index is 14.9. The van der Waals surface area contributed by atoms with Crippen molar-refractivity contribution in [2.24, 2.45) is 13.0 Å². The molecule has 6 rings (SSSR count). The molecule has 2 N–H and O–H groups in total. The number of likely N-dealkylation sites (tertiary alicyclic amines) is 2. The van der Waals surface area contributed by atoms with Gasteiger partial charge in [0.25, 0.3) is 0 Å². The quantitative estimate of drug-likeness (QED) is 0.292. The Bertz CT molecular complexity index is 1650. The van der Waals surface area contributed by atoms with Crippen molar-refractivity contribution in [1.29, 1.82) is 0 Å². The van der Waals surface area contributed by atoms with Crippen LogP contribution in [0.25, 0.3) is 22.2 Å². The van der Waals surface area contributed by atoms with E-state index in [1.165, 1.54) is 17.3 Å². The summed E-state index contributed by atoms with van der Waals surface area (Å²) in [5.74, 6) is 8.57. The number of ether oxygens (including phenoxy) is 1. The Kier molecular flexibility index (Phi) is 7.16. The normalized spacial score (nSPS) is 19.3. The molecule has 41 heavy (non-hydrogen) atoms. The molecule has 1 amide bonds. The number of nitrogens with zero attached hydrogens (tertiary/aromatic N) is 5. The Morgan fingerprint density at radius 1 is 1.10 bits per heavy atom. The molecule has 0 bridgehead atoms. The van der Waals surface area contributed by atoms with E-state index in [2.05, 4.69) is 33.3 Å². The van der Waals surface area contributed by atoms with Gasteiger partial charge in [-0.25, -0.2) is 14.4 Å². The van der Waals surface area contributed by atoms with Crippen molar-refractivity contribution in [3.63, 3.8) is 0 Å². The van der Waals surface area contributed by atoms with E-state index in [0.717, 1.165) is 33.7 Å². The number of halogens is 1. The smallest absolute Gasteiger partial charge is 0.246 e. The Balaban J connectivity index is 1.23. The monoisotopic (exact) mass is 550 g/mol. The van der Waals surface area contributed by atoms with E-state index in [1.54, 1.807) is 0 Å². The molecule has 8 nitrogen and oxygen atoms in total. The number of aryl methyl sites for hydroxylation is 1. The molecule has 2 aromatic carbocycles. The van der Waals surface area contributed by atoms with Gasteiger partial charge in [0.15, 0.2) is 0 Å². The third-order valence-electron chi connectivity index (χ3n) is 7.89. The van der Waals surface area contributed by atoms with Gasteiger partial charge in [-0.05, 0) is 48.2 Å². The van der Waals surface area contributed by atoms with Gasteiger partial charge in [-0.1, -0.05) is 42.8 Å². The summed E-state index contributed by atoms with van der Waals surface area (Å²) in [6.45, 7) is 5.55. The molecule has 0 spiro atoms. The molecule has 2 saturated heterocycles. The highest BCUT2D eigenvalue weighted by Crippen LogP contribution is 2.37. The fourth-order valence-electron chi connectivity index (χ4n) is 5.70. The minimum atomic E-state index is -1.08. The van der Waals surface area contributed by atoms with E-state index in [9.17, 15) is 9.18 Å².